The lowest BCUT2D eigenvalue weighted by Crippen LogP contribution is -2.23. The molecule has 7 nitrogen and oxygen atoms in total. The molecule has 3 rings (SSSR count). The zero-order valence-corrected chi connectivity index (χ0v) is 17.9. The molecular weight excluding hydrogens is 426 g/mol. The van der Waals surface area contributed by atoms with Crippen LogP contribution in [0.5, 0.6) is 0 Å². The van der Waals surface area contributed by atoms with E-state index in [9.17, 15) is 18.0 Å². The van der Waals surface area contributed by atoms with E-state index in [1.165, 1.54) is 61.3 Å². The minimum absolute atomic E-state index is 0.0174. The first-order valence-corrected chi connectivity index (χ1v) is 10.8. The third-order valence-electron chi connectivity index (χ3n) is 4.41. The number of carbonyl (C=O) groups is 1. The Balaban J connectivity index is 1.84. The fourth-order valence-electron chi connectivity index (χ4n) is 2.75. The van der Waals surface area contributed by atoms with Crippen LogP contribution in [-0.4, -0.2) is 37.3 Å². The molecule has 1 heterocycles. The Hall–Kier alpha value is -2.94. The van der Waals surface area contributed by atoms with Crippen LogP contribution in [0, 0.1) is 0 Å². The van der Waals surface area contributed by atoms with Crippen molar-refractivity contribution in [1.82, 2.24) is 8.87 Å². The molecule has 1 N–H and O–H groups in total. The Morgan fingerprint density at radius 3 is 2.50 bits per heavy atom. The molecule has 0 aliphatic carbocycles. The quantitative estimate of drug-likeness (QED) is 0.631. The summed E-state index contributed by atoms with van der Waals surface area (Å²) in [5, 5.41) is 3.23. The van der Waals surface area contributed by atoms with Gasteiger partial charge in [0.2, 0.25) is 10.0 Å². The number of hydrogen-bond donors (Lipinski definition) is 1. The third-order valence-corrected chi connectivity index (χ3v) is 6.59. The molecule has 0 saturated heterocycles. The maximum atomic E-state index is 12.6. The summed E-state index contributed by atoms with van der Waals surface area (Å²) in [5.74, 6) is -0.492. The zero-order valence-electron chi connectivity index (χ0n) is 16.4. The van der Waals surface area contributed by atoms with Crippen molar-refractivity contribution >= 4 is 33.2 Å². The van der Waals surface area contributed by atoms with E-state index in [1.807, 2.05) is 12.1 Å². The highest BCUT2D eigenvalue weighted by molar-refractivity contribution is 7.89. The van der Waals surface area contributed by atoms with E-state index in [0.29, 0.717) is 10.7 Å². The Labute approximate surface area is 179 Å². The van der Waals surface area contributed by atoms with Crippen molar-refractivity contribution in [3.63, 3.8) is 0 Å². The second-order valence-electron chi connectivity index (χ2n) is 6.74. The van der Waals surface area contributed by atoms with Gasteiger partial charge >= 0.3 is 0 Å². The summed E-state index contributed by atoms with van der Waals surface area (Å²) in [5.41, 5.74) is 1.10. The van der Waals surface area contributed by atoms with Crippen LogP contribution in [0.25, 0.3) is 0 Å². The van der Waals surface area contributed by atoms with Crippen molar-refractivity contribution in [2.45, 2.75) is 11.4 Å². The van der Waals surface area contributed by atoms with Crippen LogP contribution in [0.2, 0.25) is 5.02 Å². The third kappa shape index (κ3) is 4.79. The number of benzene rings is 2. The van der Waals surface area contributed by atoms with Gasteiger partial charge in [0.15, 0.2) is 0 Å². The minimum Gasteiger partial charge on any atom is -0.321 e. The van der Waals surface area contributed by atoms with Gasteiger partial charge in [-0.05, 0) is 35.9 Å². The molecule has 156 valence electrons. The first-order valence-electron chi connectivity index (χ1n) is 8.96. The van der Waals surface area contributed by atoms with Gasteiger partial charge in [-0.3, -0.25) is 9.59 Å². The van der Waals surface area contributed by atoms with E-state index >= 15 is 0 Å². The van der Waals surface area contributed by atoms with E-state index in [0.717, 1.165) is 9.87 Å². The summed E-state index contributed by atoms with van der Waals surface area (Å²) >= 11 is 6.17. The van der Waals surface area contributed by atoms with Crippen LogP contribution in [0.15, 0.2) is 76.6 Å². The van der Waals surface area contributed by atoms with E-state index in [1.54, 1.807) is 12.1 Å². The fraction of sp³-hybridized carbons (Fsp3) is 0.143. The van der Waals surface area contributed by atoms with Crippen molar-refractivity contribution in [2.24, 2.45) is 0 Å². The average molecular weight is 446 g/mol. The van der Waals surface area contributed by atoms with Gasteiger partial charge in [-0.2, -0.15) is 0 Å². The first-order chi connectivity index (χ1) is 14.2. The average Bonchev–Trinajstić information content (AvgIpc) is 2.72. The summed E-state index contributed by atoms with van der Waals surface area (Å²) in [6.07, 6.45) is 1.52. The highest BCUT2D eigenvalue weighted by Crippen LogP contribution is 2.18. The predicted octanol–water partition coefficient (Wildman–Crippen LogP) is 3.05. The van der Waals surface area contributed by atoms with Crippen molar-refractivity contribution in [1.29, 1.82) is 0 Å². The molecule has 0 radical (unpaired) electrons. The molecular formula is C21H20ClN3O4S. The topological polar surface area (TPSA) is 88.5 Å². The standard InChI is InChI=1S/C21H20ClN3O4S/c1-24(2)30(28,29)18-8-5-7-15(12-18)21(27)23-17-10-11-20(26)25(14-17)13-16-6-3-4-9-19(16)22/h3-12,14H,13H2,1-2H3,(H,23,27). The lowest BCUT2D eigenvalue weighted by molar-refractivity contribution is 0.102. The number of rotatable bonds is 6. The number of hydrogen-bond acceptors (Lipinski definition) is 4. The van der Waals surface area contributed by atoms with Crippen LogP contribution in [-0.2, 0) is 16.6 Å². The minimum atomic E-state index is -3.66. The molecule has 0 fully saturated rings. The van der Waals surface area contributed by atoms with E-state index < -0.39 is 15.9 Å². The molecule has 1 amide bonds. The fourth-order valence-corrected chi connectivity index (χ4v) is 3.89. The molecule has 1 aromatic heterocycles. The van der Waals surface area contributed by atoms with Crippen molar-refractivity contribution in [3.8, 4) is 0 Å². The number of sulfonamides is 1. The Bertz CT molecular complexity index is 1250. The normalized spacial score (nSPS) is 11.5. The maximum absolute atomic E-state index is 12.6. The molecule has 30 heavy (non-hydrogen) atoms. The molecule has 0 spiro atoms. The number of amides is 1. The molecule has 3 aromatic rings. The van der Waals surface area contributed by atoms with Gasteiger partial charge in [0, 0.05) is 36.9 Å². The van der Waals surface area contributed by atoms with Gasteiger partial charge < -0.3 is 9.88 Å². The summed E-state index contributed by atoms with van der Waals surface area (Å²) in [7, 11) is -0.820. The number of anilines is 1. The van der Waals surface area contributed by atoms with E-state index in [-0.39, 0.29) is 22.6 Å². The van der Waals surface area contributed by atoms with E-state index in [2.05, 4.69) is 5.32 Å². The van der Waals surface area contributed by atoms with Gasteiger partial charge in [0.1, 0.15) is 0 Å². The number of pyridine rings is 1. The van der Waals surface area contributed by atoms with Crippen LogP contribution in [0.3, 0.4) is 0 Å². The van der Waals surface area contributed by atoms with E-state index in [4.69, 9.17) is 11.6 Å². The molecule has 0 atom stereocenters. The highest BCUT2D eigenvalue weighted by atomic mass is 35.5. The van der Waals surface area contributed by atoms with Crippen LogP contribution >= 0.6 is 11.6 Å². The summed E-state index contributed by atoms with van der Waals surface area (Å²) in [6, 6.07) is 15.8. The van der Waals surface area contributed by atoms with Crippen molar-refractivity contribution in [2.75, 3.05) is 19.4 Å². The smallest absolute Gasteiger partial charge is 0.255 e. The Morgan fingerprint density at radius 2 is 1.80 bits per heavy atom. The van der Waals surface area contributed by atoms with Gasteiger partial charge in [0.25, 0.3) is 11.5 Å². The molecule has 0 saturated carbocycles. The van der Waals surface area contributed by atoms with Crippen molar-refractivity contribution in [3.05, 3.63) is 93.4 Å². The maximum Gasteiger partial charge on any atom is 0.255 e. The number of nitrogens with one attached hydrogen (secondary N) is 1. The Kier molecular flexibility index (Phi) is 6.40. The van der Waals surface area contributed by atoms with Gasteiger partial charge in [-0.25, -0.2) is 12.7 Å². The second kappa shape index (κ2) is 8.83. The summed E-state index contributed by atoms with van der Waals surface area (Å²) in [6.45, 7) is 0.249. The first kappa shape index (κ1) is 21.8. The van der Waals surface area contributed by atoms with Gasteiger partial charge in [-0.15, -0.1) is 0 Å². The summed E-state index contributed by atoms with van der Waals surface area (Å²) < 4.78 is 27.1. The molecule has 2 aromatic carbocycles. The second-order valence-corrected chi connectivity index (χ2v) is 9.30. The number of nitrogens with zero attached hydrogens (tertiary/aromatic N) is 2. The number of aromatic nitrogens is 1. The molecule has 0 aliphatic heterocycles. The number of halogens is 1. The predicted molar refractivity (Wildman–Crippen MR) is 117 cm³/mol. The molecule has 0 aliphatic rings. The summed E-state index contributed by atoms with van der Waals surface area (Å²) in [4.78, 5) is 24.9. The molecule has 0 unspecified atom stereocenters. The number of carbonyl (C=O) groups excluding carboxylic acids is 1. The van der Waals surface area contributed by atoms with Gasteiger partial charge in [-0.1, -0.05) is 35.9 Å². The van der Waals surface area contributed by atoms with Crippen molar-refractivity contribution < 1.29 is 13.2 Å². The Morgan fingerprint density at radius 1 is 1.07 bits per heavy atom. The lowest BCUT2D eigenvalue weighted by atomic mass is 10.2. The van der Waals surface area contributed by atoms with Crippen LogP contribution in [0.1, 0.15) is 15.9 Å². The molecule has 0 bridgehead atoms. The highest BCUT2D eigenvalue weighted by Gasteiger charge is 2.19. The monoisotopic (exact) mass is 445 g/mol. The molecule has 9 heteroatoms. The van der Waals surface area contributed by atoms with Crippen LogP contribution < -0.4 is 10.9 Å². The SMILES string of the molecule is CN(C)S(=O)(=O)c1cccc(C(=O)Nc2ccc(=O)n(Cc3ccccc3Cl)c2)c1. The lowest BCUT2D eigenvalue weighted by Gasteiger charge is -2.13. The van der Waals surface area contributed by atoms with Crippen LogP contribution in [0.4, 0.5) is 5.69 Å². The van der Waals surface area contributed by atoms with Gasteiger partial charge in [0.05, 0.1) is 17.1 Å². The zero-order chi connectivity index (χ0) is 21.9. The largest absolute Gasteiger partial charge is 0.321 e.